The highest BCUT2D eigenvalue weighted by molar-refractivity contribution is 8.00. The average molecular weight is 355 g/mol. The number of hydrogen-bond acceptors (Lipinski definition) is 5. The molecule has 0 aliphatic heterocycles. The number of hydrogen-bond donors (Lipinski definition) is 1. The third kappa shape index (κ3) is 3.03. The minimum Gasteiger partial charge on any atom is -0.325 e. The highest BCUT2D eigenvalue weighted by Crippen LogP contribution is 2.39. The summed E-state index contributed by atoms with van der Waals surface area (Å²) in [6.45, 7) is 2.03. The Bertz CT molecular complexity index is 903. The number of nitrogens with one attached hydrogen (secondary N) is 1. The van der Waals surface area contributed by atoms with Gasteiger partial charge in [-0.15, -0.1) is 11.3 Å². The van der Waals surface area contributed by atoms with Crippen LogP contribution in [0.1, 0.15) is 22.4 Å². The Morgan fingerprint density at radius 2 is 2.08 bits per heavy atom. The quantitative estimate of drug-likeness (QED) is 0.562. The Labute approximate surface area is 148 Å². The Kier molecular flexibility index (Phi) is 4.24. The van der Waals surface area contributed by atoms with Crippen LogP contribution in [0.4, 0.5) is 5.69 Å². The van der Waals surface area contributed by atoms with E-state index in [2.05, 4.69) is 15.3 Å². The number of anilines is 1. The van der Waals surface area contributed by atoms with Crippen LogP contribution in [-0.4, -0.2) is 21.6 Å². The second-order valence-electron chi connectivity index (χ2n) is 5.92. The molecule has 6 heteroatoms. The maximum absolute atomic E-state index is 12.2. The predicted octanol–water partition coefficient (Wildman–Crippen LogP) is 4.22. The minimum atomic E-state index is -0.0116. The summed E-state index contributed by atoms with van der Waals surface area (Å²) in [4.78, 5) is 23.5. The molecular weight excluding hydrogens is 338 g/mol. The SMILES string of the molecule is Cc1ccc(NC(=O)CSc2ncnc3sc4c(c23)CCC4)cc1. The van der Waals surface area contributed by atoms with E-state index in [-0.39, 0.29) is 5.91 Å². The first-order valence-corrected chi connectivity index (χ1v) is 9.75. The van der Waals surface area contributed by atoms with Gasteiger partial charge >= 0.3 is 0 Å². The fourth-order valence-electron chi connectivity index (χ4n) is 2.98. The fraction of sp³-hybridized carbons (Fsp3) is 0.278. The lowest BCUT2D eigenvalue weighted by atomic mass is 10.2. The molecule has 0 saturated heterocycles. The summed E-state index contributed by atoms with van der Waals surface area (Å²) < 4.78 is 0. The molecular formula is C18H17N3OS2. The van der Waals surface area contributed by atoms with Crippen molar-refractivity contribution in [1.82, 2.24) is 9.97 Å². The maximum Gasteiger partial charge on any atom is 0.234 e. The molecule has 4 rings (SSSR count). The topological polar surface area (TPSA) is 54.9 Å². The molecule has 1 aliphatic carbocycles. The van der Waals surface area contributed by atoms with Crippen LogP contribution in [0, 0.1) is 6.92 Å². The van der Waals surface area contributed by atoms with E-state index in [4.69, 9.17) is 0 Å². The number of aryl methyl sites for hydroxylation is 3. The molecule has 0 radical (unpaired) electrons. The summed E-state index contributed by atoms with van der Waals surface area (Å²) in [5, 5.41) is 5.03. The molecule has 0 bridgehead atoms. The Morgan fingerprint density at radius 1 is 1.25 bits per heavy atom. The van der Waals surface area contributed by atoms with Crippen LogP contribution >= 0.6 is 23.1 Å². The highest BCUT2D eigenvalue weighted by atomic mass is 32.2. The van der Waals surface area contributed by atoms with E-state index < -0.39 is 0 Å². The van der Waals surface area contributed by atoms with Gasteiger partial charge in [-0.2, -0.15) is 0 Å². The smallest absolute Gasteiger partial charge is 0.234 e. The molecule has 2 heterocycles. The number of carbonyl (C=O) groups excluding carboxylic acids is 1. The van der Waals surface area contributed by atoms with Gasteiger partial charge in [-0.05, 0) is 43.9 Å². The lowest BCUT2D eigenvalue weighted by Crippen LogP contribution is -2.14. The van der Waals surface area contributed by atoms with Gasteiger partial charge in [0, 0.05) is 16.0 Å². The zero-order chi connectivity index (χ0) is 16.5. The summed E-state index contributed by atoms with van der Waals surface area (Å²) in [6, 6.07) is 7.83. The number of fused-ring (bicyclic) bond motifs is 3. The highest BCUT2D eigenvalue weighted by Gasteiger charge is 2.21. The van der Waals surface area contributed by atoms with E-state index in [1.165, 1.54) is 39.6 Å². The minimum absolute atomic E-state index is 0.0116. The molecule has 122 valence electrons. The van der Waals surface area contributed by atoms with Gasteiger partial charge in [0.15, 0.2) is 0 Å². The summed E-state index contributed by atoms with van der Waals surface area (Å²) in [5.41, 5.74) is 3.41. The Balaban J connectivity index is 1.48. The second-order valence-corrected chi connectivity index (χ2v) is 7.97. The van der Waals surface area contributed by atoms with Crippen LogP contribution < -0.4 is 5.32 Å². The summed E-state index contributed by atoms with van der Waals surface area (Å²) in [6.07, 6.45) is 5.07. The van der Waals surface area contributed by atoms with Gasteiger partial charge in [0.1, 0.15) is 16.2 Å². The molecule has 24 heavy (non-hydrogen) atoms. The third-order valence-electron chi connectivity index (χ3n) is 4.14. The van der Waals surface area contributed by atoms with E-state index in [1.807, 2.05) is 31.2 Å². The first-order valence-electron chi connectivity index (χ1n) is 7.95. The van der Waals surface area contributed by atoms with Gasteiger partial charge in [0.25, 0.3) is 0 Å². The molecule has 0 saturated carbocycles. The van der Waals surface area contributed by atoms with Crippen molar-refractivity contribution in [2.75, 3.05) is 11.1 Å². The van der Waals surface area contributed by atoms with Gasteiger partial charge in [-0.1, -0.05) is 29.5 Å². The molecule has 1 amide bonds. The number of thiophene rings is 1. The van der Waals surface area contributed by atoms with E-state index in [0.29, 0.717) is 5.75 Å². The zero-order valence-corrected chi connectivity index (χ0v) is 15.0. The zero-order valence-electron chi connectivity index (χ0n) is 13.3. The van der Waals surface area contributed by atoms with Crippen LogP contribution in [0.5, 0.6) is 0 Å². The van der Waals surface area contributed by atoms with Gasteiger partial charge in [-0.3, -0.25) is 4.79 Å². The van der Waals surface area contributed by atoms with Crippen molar-refractivity contribution in [2.24, 2.45) is 0 Å². The third-order valence-corrected chi connectivity index (χ3v) is 6.33. The number of carbonyl (C=O) groups is 1. The summed E-state index contributed by atoms with van der Waals surface area (Å²) in [7, 11) is 0. The maximum atomic E-state index is 12.2. The molecule has 1 N–H and O–H groups in total. The van der Waals surface area contributed by atoms with Crippen LogP contribution in [0.15, 0.2) is 35.6 Å². The summed E-state index contributed by atoms with van der Waals surface area (Å²) in [5.74, 6) is 0.340. The molecule has 1 aliphatic rings. The normalized spacial score (nSPS) is 13.2. The van der Waals surface area contributed by atoms with Crippen LogP contribution in [0.25, 0.3) is 10.2 Å². The second kappa shape index (κ2) is 6.53. The fourth-order valence-corrected chi connectivity index (χ4v) is 5.10. The number of rotatable bonds is 4. The molecule has 0 fully saturated rings. The van der Waals surface area contributed by atoms with Gasteiger partial charge in [-0.25, -0.2) is 9.97 Å². The number of benzene rings is 1. The van der Waals surface area contributed by atoms with Crippen molar-refractivity contribution in [3.63, 3.8) is 0 Å². The van der Waals surface area contributed by atoms with Gasteiger partial charge in [0.2, 0.25) is 5.91 Å². The van der Waals surface area contributed by atoms with Crippen molar-refractivity contribution in [2.45, 2.75) is 31.2 Å². The molecule has 1 aromatic carbocycles. The van der Waals surface area contributed by atoms with Crippen LogP contribution in [0.2, 0.25) is 0 Å². The average Bonchev–Trinajstić information content (AvgIpc) is 3.16. The van der Waals surface area contributed by atoms with E-state index in [0.717, 1.165) is 28.4 Å². The largest absolute Gasteiger partial charge is 0.325 e. The van der Waals surface area contributed by atoms with E-state index >= 15 is 0 Å². The summed E-state index contributed by atoms with van der Waals surface area (Å²) >= 11 is 3.27. The Hall–Kier alpha value is -1.92. The number of aromatic nitrogens is 2. The lowest BCUT2D eigenvalue weighted by molar-refractivity contribution is -0.113. The standard InChI is InChI=1S/C18H17N3OS2/c1-11-5-7-12(8-6-11)21-15(22)9-23-17-16-13-3-2-4-14(13)24-18(16)20-10-19-17/h5-8,10H,2-4,9H2,1H3,(H,21,22). The molecule has 3 aromatic rings. The van der Waals surface area contributed by atoms with Gasteiger partial charge in [0.05, 0.1) is 5.75 Å². The number of nitrogens with zero attached hydrogens (tertiary/aromatic N) is 2. The monoisotopic (exact) mass is 355 g/mol. The van der Waals surface area contributed by atoms with Gasteiger partial charge < -0.3 is 5.32 Å². The first kappa shape index (κ1) is 15.6. The van der Waals surface area contributed by atoms with Crippen molar-refractivity contribution < 1.29 is 4.79 Å². The van der Waals surface area contributed by atoms with Crippen LogP contribution in [0.3, 0.4) is 0 Å². The van der Waals surface area contributed by atoms with E-state index in [1.54, 1.807) is 17.7 Å². The van der Waals surface area contributed by atoms with Crippen LogP contribution in [-0.2, 0) is 17.6 Å². The lowest BCUT2D eigenvalue weighted by Gasteiger charge is -2.06. The van der Waals surface area contributed by atoms with Crippen molar-refractivity contribution in [3.05, 3.63) is 46.6 Å². The van der Waals surface area contributed by atoms with Crippen molar-refractivity contribution in [1.29, 1.82) is 0 Å². The van der Waals surface area contributed by atoms with E-state index in [9.17, 15) is 4.79 Å². The number of amides is 1. The van der Waals surface area contributed by atoms with Crippen molar-refractivity contribution in [3.8, 4) is 0 Å². The molecule has 4 nitrogen and oxygen atoms in total. The predicted molar refractivity (Wildman–Crippen MR) is 100.0 cm³/mol. The Morgan fingerprint density at radius 3 is 2.92 bits per heavy atom. The molecule has 0 atom stereocenters. The molecule has 0 spiro atoms. The molecule has 2 aromatic heterocycles. The molecule has 0 unspecified atom stereocenters. The van der Waals surface area contributed by atoms with Crippen molar-refractivity contribution >= 4 is 44.9 Å². The first-order chi connectivity index (χ1) is 11.7. The number of thioether (sulfide) groups is 1.